The molecule has 0 aromatic carbocycles. The first kappa shape index (κ1) is 11.3. The molecule has 1 atom stereocenters. The molecule has 0 bridgehead atoms. The summed E-state index contributed by atoms with van der Waals surface area (Å²) in [5.74, 6) is -0.00244. The van der Waals surface area contributed by atoms with Crippen LogP contribution < -0.4 is 0 Å². The quantitative estimate of drug-likeness (QED) is 0.827. The molecule has 0 saturated carbocycles. The van der Waals surface area contributed by atoms with Crippen molar-refractivity contribution in [3.8, 4) is 0 Å². The number of aromatic nitrogens is 3. The molecule has 0 spiro atoms. The van der Waals surface area contributed by atoms with Crippen LogP contribution in [0.5, 0.6) is 0 Å². The average molecular weight is 260 g/mol. The molecule has 1 aliphatic rings. The van der Waals surface area contributed by atoms with E-state index >= 15 is 0 Å². The molecule has 1 amide bonds. The zero-order valence-electron chi connectivity index (χ0n) is 9.69. The van der Waals surface area contributed by atoms with Gasteiger partial charge in [-0.1, -0.05) is 0 Å². The van der Waals surface area contributed by atoms with E-state index in [9.17, 15) is 4.79 Å². The molecule has 0 radical (unpaired) electrons. The SMILES string of the molecule is O=C(c1cscn1)N1CCCC1c1ccncn1. The van der Waals surface area contributed by atoms with E-state index in [1.165, 1.54) is 17.7 Å². The van der Waals surface area contributed by atoms with Gasteiger partial charge in [0.2, 0.25) is 0 Å². The highest BCUT2D eigenvalue weighted by Gasteiger charge is 2.32. The van der Waals surface area contributed by atoms with Gasteiger partial charge in [0.25, 0.3) is 5.91 Å². The van der Waals surface area contributed by atoms with Crippen LogP contribution in [0, 0.1) is 0 Å². The Morgan fingerprint density at radius 3 is 3.11 bits per heavy atom. The first-order chi connectivity index (χ1) is 8.86. The summed E-state index contributed by atoms with van der Waals surface area (Å²) >= 11 is 1.44. The van der Waals surface area contributed by atoms with Crippen molar-refractivity contribution < 1.29 is 4.79 Å². The van der Waals surface area contributed by atoms with Crippen LogP contribution in [0.15, 0.2) is 29.5 Å². The maximum Gasteiger partial charge on any atom is 0.273 e. The topological polar surface area (TPSA) is 59.0 Å². The van der Waals surface area contributed by atoms with Crippen molar-refractivity contribution >= 4 is 17.2 Å². The minimum Gasteiger partial charge on any atom is -0.329 e. The van der Waals surface area contributed by atoms with Crippen molar-refractivity contribution in [2.75, 3.05) is 6.54 Å². The number of thiazole rings is 1. The summed E-state index contributed by atoms with van der Waals surface area (Å²) in [7, 11) is 0. The van der Waals surface area contributed by atoms with Gasteiger partial charge in [-0.15, -0.1) is 11.3 Å². The zero-order valence-corrected chi connectivity index (χ0v) is 10.5. The number of carbonyl (C=O) groups excluding carboxylic acids is 1. The maximum absolute atomic E-state index is 12.3. The van der Waals surface area contributed by atoms with Crippen LogP contribution in [0.2, 0.25) is 0 Å². The third-order valence-corrected chi connectivity index (χ3v) is 3.70. The number of carbonyl (C=O) groups is 1. The Bertz CT molecular complexity index is 528. The predicted octanol–water partition coefficient (Wildman–Crippen LogP) is 1.91. The molecule has 3 heterocycles. The van der Waals surface area contributed by atoms with Crippen LogP contribution in [0.4, 0.5) is 0 Å². The van der Waals surface area contributed by atoms with E-state index < -0.39 is 0 Å². The third kappa shape index (κ3) is 1.99. The Morgan fingerprint density at radius 2 is 2.39 bits per heavy atom. The molecule has 5 nitrogen and oxygen atoms in total. The fraction of sp³-hybridized carbons (Fsp3) is 0.333. The van der Waals surface area contributed by atoms with Gasteiger partial charge < -0.3 is 4.90 Å². The molecule has 2 aromatic rings. The van der Waals surface area contributed by atoms with E-state index in [-0.39, 0.29) is 11.9 Å². The van der Waals surface area contributed by atoms with Gasteiger partial charge in [-0.25, -0.2) is 15.0 Å². The number of hydrogen-bond acceptors (Lipinski definition) is 5. The van der Waals surface area contributed by atoms with Crippen LogP contribution in [-0.4, -0.2) is 32.3 Å². The molecule has 1 fully saturated rings. The number of hydrogen-bond donors (Lipinski definition) is 0. The normalized spacial score (nSPS) is 19.1. The second kappa shape index (κ2) is 4.81. The van der Waals surface area contributed by atoms with E-state index in [4.69, 9.17) is 0 Å². The largest absolute Gasteiger partial charge is 0.329 e. The van der Waals surface area contributed by atoms with Crippen molar-refractivity contribution in [1.82, 2.24) is 19.9 Å². The Balaban J connectivity index is 1.86. The Kier molecular flexibility index (Phi) is 3.02. The van der Waals surface area contributed by atoms with Gasteiger partial charge in [-0.05, 0) is 18.9 Å². The Morgan fingerprint density at radius 1 is 1.44 bits per heavy atom. The highest BCUT2D eigenvalue weighted by molar-refractivity contribution is 7.07. The molecular formula is C12H12N4OS. The number of nitrogens with zero attached hydrogens (tertiary/aromatic N) is 4. The molecule has 2 aromatic heterocycles. The van der Waals surface area contributed by atoms with Gasteiger partial charge in [0, 0.05) is 18.1 Å². The summed E-state index contributed by atoms with van der Waals surface area (Å²) in [5.41, 5.74) is 3.12. The van der Waals surface area contributed by atoms with E-state index in [0.29, 0.717) is 5.69 Å². The van der Waals surface area contributed by atoms with Gasteiger partial charge >= 0.3 is 0 Å². The summed E-state index contributed by atoms with van der Waals surface area (Å²) in [6.45, 7) is 0.769. The summed E-state index contributed by atoms with van der Waals surface area (Å²) in [6.07, 6.45) is 5.20. The first-order valence-corrected chi connectivity index (χ1v) is 6.75. The zero-order chi connectivity index (χ0) is 12.4. The lowest BCUT2D eigenvalue weighted by Gasteiger charge is -2.23. The van der Waals surface area contributed by atoms with E-state index in [1.807, 2.05) is 11.0 Å². The highest BCUT2D eigenvalue weighted by atomic mass is 32.1. The van der Waals surface area contributed by atoms with Crippen molar-refractivity contribution in [3.05, 3.63) is 40.9 Å². The van der Waals surface area contributed by atoms with Crippen LogP contribution >= 0.6 is 11.3 Å². The summed E-state index contributed by atoms with van der Waals surface area (Å²) in [6, 6.07) is 1.93. The number of rotatable bonds is 2. The number of amides is 1. The molecule has 1 unspecified atom stereocenters. The molecular weight excluding hydrogens is 248 g/mol. The number of likely N-dealkylation sites (tertiary alicyclic amines) is 1. The van der Waals surface area contributed by atoms with Crippen molar-refractivity contribution in [2.24, 2.45) is 0 Å². The van der Waals surface area contributed by atoms with Gasteiger partial charge in [-0.2, -0.15) is 0 Å². The third-order valence-electron chi connectivity index (χ3n) is 3.11. The molecule has 0 aliphatic carbocycles. The molecule has 1 saturated heterocycles. The molecule has 6 heteroatoms. The van der Waals surface area contributed by atoms with E-state index in [1.54, 1.807) is 17.1 Å². The van der Waals surface area contributed by atoms with E-state index in [0.717, 1.165) is 25.1 Å². The predicted molar refractivity (Wildman–Crippen MR) is 67.2 cm³/mol. The molecule has 3 rings (SSSR count). The lowest BCUT2D eigenvalue weighted by molar-refractivity contribution is 0.0727. The fourth-order valence-electron chi connectivity index (χ4n) is 2.28. The second-order valence-electron chi connectivity index (χ2n) is 4.16. The Hall–Kier alpha value is -1.82. The maximum atomic E-state index is 12.3. The lowest BCUT2D eigenvalue weighted by Crippen LogP contribution is -2.31. The standard InChI is InChI=1S/C12H12N4OS/c17-12(10-6-18-8-15-10)16-5-1-2-11(16)9-3-4-13-7-14-9/h3-4,6-8,11H,1-2,5H2. The average Bonchev–Trinajstić information content (AvgIpc) is 3.10. The van der Waals surface area contributed by atoms with Crippen LogP contribution in [0.1, 0.15) is 35.1 Å². The summed E-state index contributed by atoms with van der Waals surface area (Å²) < 4.78 is 0. The molecule has 0 N–H and O–H groups in total. The Labute approximate surface area is 109 Å². The van der Waals surface area contributed by atoms with E-state index in [2.05, 4.69) is 15.0 Å². The van der Waals surface area contributed by atoms with Gasteiger partial charge in [-0.3, -0.25) is 4.79 Å². The summed E-state index contributed by atoms with van der Waals surface area (Å²) in [5, 5.41) is 1.79. The van der Waals surface area contributed by atoms with Crippen molar-refractivity contribution in [2.45, 2.75) is 18.9 Å². The van der Waals surface area contributed by atoms with Crippen LogP contribution in [0.25, 0.3) is 0 Å². The molecule has 1 aliphatic heterocycles. The fourth-order valence-corrected chi connectivity index (χ4v) is 2.81. The van der Waals surface area contributed by atoms with Crippen LogP contribution in [-0.2, 0) is 0 Å². The van der Waals surface area contributed by atoms with Crippen LogP contribution in [0.3, 0.4) is 0 Å². The molecule has 92 valence electrons. The van der Waals surface area contributed by atoms with Gasteiger partial charge in [0.15, 0.2) is 0 Å². The van der Waals surface area contributed by atoms with Crippen molar-refractivity contribution in [3.63, 3.8) is 0 Å². The van der Waals surface area contributed by atoms with Crippen molar-refractivity contribution in [1.29, 1.82) is 0 Å². The van der Waals surface area contributed by atoms with Gasteiger partial charge in [0.05, 0.1) is 17.2 Å². The minimum absolute atomic E-state index is 0.00244. The van der Waals surface area contributed by atoms with Gasteiger partial charge in [0.1, 0.15) is 12.0 Å². The second-order valence-corrected chi connectivity index (χ2v) is 4.88. The molecule has 18 heavy (non-hydrogen) atoms. The summed E-state index contributed by atoms with van der Waals surface area (Å²) in [4.78, 5) is 26.4. The highest BCUT2D eigenvalue weighted by Crippen LogP contribution is 2.31. The minimum atomic E-state index is -0.00244. The smallest absolute Gasteiger partial charge is 0.273 e. The lowest BCUT2D eigenvalue weighted by atomic mass is 10.1. The monoisotopic (exact) mass is 260 g/mol. The first-order valence-electron chi connectivity index (χ1n) is 5.81.